The predicted octanol–water partition coefficient (Wildman–Crippen LogP) is 2.46. The van der Waals surface area contributed by atoms with E-state index in [0.717, 1.165) is 32.2 Å². The Morgan fingerprint density at radius 2 is 1.90 bits per heavy atom. The quantitative estimate of drug-likeness (QED) is 0.851. The minimum absolute atomic E-state index is 0.0521. The molecule has 0 aromatic heterocycles. The molecule has 2 amide bonds. The predicted molar refractivity (Wildman–Crippen MR) is 82.2 cm³/mol. The van der Waals surface area contributed by atoms with Gasteiger partial charge in [0.05, 0.1) is 5.37 Å². The lowest BCUT2D eigenvalue weighted by Gasteiger charge is -2.40. The highest BCUT2D eigenvalue weighted by molar-refractivity contribution is 8.00. The Morgan fingerprint density at radius 1 is 1.19 bits per heavy atom. The van der Waals surface area contributed by atoms with Gasteiger partial charge in [0.2, 0.25) is 0 Å². The summed E-state index contributed by atoms with van der Waals surface area (Å²) in [5.74, 6) is 0.812. The van der Waals surface area contributed by atoms with Crippen LogP contribution in [0.2, 0.25) is 0 Å². The lowest BCUT2D eigenvalue weighted by molar-refractivity contribution is -0.141. The van der Waals surface area contributed by atoms with Gasteiger partial charge in [0.15, 0.2) is 0 Å². The molecular formula is C15H24N2O3S. The van der Waals surface area contributed by atoms with E-state index in [1.165, 1.54) is 0 Å². The van der Waals surface area contributed by atoms with Crippen molar-refractivity contribution in [1.82, 2.24) is 9.80 Å². The van der Waals surface area contributed by atoms with Crippen molar-refractivity contribution in [3.63, 3.8) is 0 Å². The monoisotopic (exact) mass is 312 g/mol. The van der Waals surface area contributed by atoms with Crippen LogP contribution in [0.1, 0.15) is 39.5 Å². The molecule has 21 heavy (non-hydrogen) atoms. The van der Waals surface area contributed by atoms with Gasteiger partial charge in [-0.05, 0) is 44.4 Å². The van der Waals surface area contributed by atoms with Gasteiger partial charge in [-0.2, -0.15) is 0 Å². The van der Waals surface area contributed by atoms with E-state index < -0.39 is 12.0 Å². The first-order chi connectivity index (χ1) is 9.99. The summed E-state index contributed by atoms with van der Waals surface area (Å²) in [7, 11) is 0. The molecule has 3 rings (SSSR count). The summed E-state index contributed by atoms with van der Waals surface area (Å²) in [5.41, 5.74) is 0. The Hall–Kier alpha value is -0.910. The third-order valence-electron chi connectivity index (χ3n) is 4.95. The number of urea groups is 1. The zero-order valence-corrected chi connectivity index (χ0v) is 13.5. The van der Waals surface area contributed by atoms with Gasteiger partial charge in [0.25, 0.3) is 0 Å². The standard InChI is InChI=1S/C15H24N2O3S/c1-9-5-6-16(10(2)7-9)15(20)17-12(14(18)19)8-21-13(17)11-3-4-11/h9-13H,3-8H2,1-2H3,(H,18,19). The Bertz CT molecular complexity index is 441. The second-order valence-corrected chi connectivity index (χ2v) is 7.93. The van der Waals surface area contributed by atoms with Crippen LogP contribution in [0.3, 0.4) is 0 Å². The summed E-state index contributed by atoms with van der Waals surface area (Å²) in [4.78, 5) is 28.0. The lowest BCUT2D eigenvalue weighted by atomic mass is 9.93. The second kappa shape index (κ2) is 5.71. The van der Waals surface area contributed by atoms with E-state index in [1.807, 2.05) is 4.90 Å². The molecule has 3 fully saturated rings. The summed E-state index contributed by atoms with van der Waals surface area (Å²) >= 11 is 1.65. The van der Waals surface area contributed by atoms with Gasteiger partial charge in [-0.15, -0.1) is 11.8 Å². The van der Waals surface area contributed by atoms with E-state index in [1.54, 1.807) is 16.7 Å². The Balaban J connectivity index is 1.77. The van der Waals surface area contributed by atoms with Crippen LogP contribution in [0.25, 0.3) is 0 Å². The Labute approximate surface area is 130 Å². The number of aliphatic carboxylic acids is 1. The third kappa shape index (κ3) is 2.87. The molecule has 1 saturated carbocycles. The average molecular weight is 312 g/mol. The Morgan fingerprint density at radius 3 is 2.48 bits per heavy atom. The molecule has 2 saturated heterocycles. The summed E-state index contributed by atoms with van der Waals surface area (Å²) < 4.78 is 0. The average Bonchev–Trinajstić information content (AvgIpc) is 3.16. The van der Waals surface area contributed by atoms with Crippen LogP contribution >= 0.6 is 11.8 Å². The number of nitrogens with zero attached hydrogens (tertiary/aromatic N) is 2. The van der Waals surface area contributed by atoms with Crippen molar-refractivity contribution in [2.24, 2.45) is 11.8 Å². The minimum atomic E-state index is -0.864. The van der Waals surface area contributed by atoms with Crippen molar-refractivity contribution in [3.8, 4) is 0 Å². The van der Waals surface area contributed by atoms with Crippen molar-refractivity contribution in [2.75, 3.05) is 12.3 Å². The van der Waals surface area contributed by atoms with Crippen molar-refractivity contribution >= 4 is 23.8 Å². The molecule has 0 aromatic rings. The molecule has 0 spiro atoms. The zero-order valence-electron chi connectivity index (χ0n) is 12.7. The fourth-order valence-corrected chi connectivity index (χ4v) is 5.17. The van der Waals surface area contributed by atoms with Gasteiger partial charge in [0, 0.05) is 18.3 Å². The smallest absolute Gasteiger partial charge is 0.327 e. The fourth-order valence-electron chi connectivity index (χ4n) is 3.54. The van der Waals surface area contributed by atoms with Crippen molar-refractivity contribution < 1.29 is 14.7 Å². The molecule has 0 aromatic carbocycles. The summed E-state index contributed by atoms with van der Waals surface area (Å²) in [5, 5.41) is 9.51. The first-order valence-corrected chi connectivity index (χ1v) is 8.97. The van der Waals surface area contributed by atoms with Gasteiger partial charge < -0.3 is 10.0 Å². The number of hydrogen-bond donors (Lipinski definition) is 1. The number of carbonyl (C=O) groups excluding carboxylic acids is 1. The minimum Gasteiger partial charge on any atom is -0.480 e. The molecule has 3 aliphatic rings. The maximum absolute atomic E-state index is 13.0. The number of hydrogen-bond acceptors (Lipinski definition) is 3. The highest BCUT2D eigenvalue weighted by Gasteiger charge is 2.49. The molecule has 4 atom stereocenters. The highest BCUT2D eigenvalue weighted by Crippen LogP contribution is 2.46. The number of amides is 2. The van der Waals surface area contributed by atoms with Gasteiger partial charge in [-0.25, -0.2) is 9.59 Å². The maximum atomic E-state index is 13.0. The summed E-state index contributed by atoms with van der Waals surface area (Å²) in [6.45, 7) is 5.06. The number of thioether (sulfide) groups is 1. The molecule has 0 bridgehead atoms. The fraction of sp³-hybridized carbons (Fsp3) is 0.867. The number of piperidine rings is 1. The molecule has 4 unspecified atom stereocenters. The van der Waals surface area contributed by atoms with E-state index >= 15 is 0 Å². The maximum Gasteiger partial charge on any atom is 0.327 e. The number of carboxylic acids is 1. The molecule has 1 N–H and O–H groups in total. The normalized spacial score (nSPS) is 36.9. The van der Waals surface area contributed by atoms with Gasteiger partial charge >= 0.3 is 12.0 Å². The first kappa shape index (κ1) is 15.0. The van der Waals surface area contributed by atoms with Crippen LogP contribution in [-0.4, -0.2) is 56.7 Å². The van der Waals surface area contributed by atoms with Crippen LogP contribution in [0, 0.1) is 11.8 Å². The van der Waals surface area contributed by atoms with E-state index in [2.05, 4.69) is 13.8 Å². The van der Waals surface area contributed by atoms with Crippen LogP contribution in [0.15, 0.2) is 0 Å². The van der Waals surface area contributed by atoms with Crippen molar-refractivity contribution in [2.45, 2.75) is 57.0 Å². The molecular weight excluding hydrogens is 288 g/mol. The van der Waals surface area contributed by atoms with Crippen LogP contribution < -0.4 is 0 Å². The zero-order chi connectivity index (χ0) is 15.1. The number of likely N-dealkylation sites (tertiary alicyclic amines) is 1. The van der Waals surface area contributed by atoms with Crippen LogP contribution in [0.5, 0.6) is 0 Å². The van der Waals surface area contributed by atoms with Crippen molar-refractivity contribution in [3.05, 3.63) is 0 Å². The van der Waals surface area contributed by atoms with Crippen molar-refractivity contribution in [1.29, 1.82) is 0 Å². The third-order valence-corrected chi connectivity index (χ3v) is 6.41. The summed E-state index contributed by atoms with van der Waals surface area (Å²) in [6, 6.07) is -0.496. The SMILES string of the molecule is CC1CCN(C(=O)N2C(C(=O)O)CSC2C2CC2)C(C)C1. The number of rotatable bonds is 2. The first-order valence-electron chi connectivity index (χ1n) is 7.92. The van der Waals surface area contributed by atoms with Crippen LogP contribution in [-0.2, 0) is 4.79 Å². The number of carboxylic acid groups (broad SMARTS) is 1. The van der Waals surface area contributed by atoms with Gasteiger partial charge in [-0.1, -0.05) is 6.92 Å². The topological polar surface area (TPSA) is 60.9 Å². The largest absolute Gasteiger partial charge is 0.480 e. The second-order valence-electron chi connectivity index (χ2n) is 6.78. The molecule has 2 heterocycles. The molecule has 5 nitrogen and oxygen atoms in total. The van der Waals surface area contributed by atoms with E-state index in [-0.39, 0.29) is 17.4 Å². The molecule has 118 valence electrons. The van der Waals surface area contributed by atoms with E-state index in [4.69, 9.17) is 0 Å². The van der Waals surface area contributed by atoms with Gasteiger partial charge in [-0.3, -0.25) is 4.90 Å². The molecule has 6 heteroatoms. The lowest BCUT2D eigenvalue weighted by Crippen LogP contribution is -2.56. The van der Waals surface area contributed by atoms with Gasteiger partial charge in [0.1, 0.15) is 6.04 Å². The molecule has 2 aliphatic heterocycles. The molecule has 0 radical (unpaired) electrons. The summed E-state index contributed by atoms with van der Waals surface area (Å²) in [6.07, 6.45) is 4.28. The van der Waals surface area contributed by atoms with E-state index in [0.29, 0.717) is 17.6 Å². The Kier molecular flexibility index (Phi) is 4.08. The van der Waals surface area contributed by atoms with E-state index in [9.17, 15) is 14.7 Å². The highest BCUT2D eigenvalue weighted by atomic mass is 32.2. The number of carbonyl (C=O) groups is 2. The molecule has 1 aliphatic carbocycles. The van der Waals surface area contributed by atoms with Crippen LogP contribution in [0.4, 0.5) is 4.79 Å².